The number of hydrogen-bond donors (Lipinski definition) is 2. The minimum Gasteiger partial charge on any atom is -0.478 e. The van der Waals surface area contributed by atoms with Crippen LogP contribution < -0.4 is 5.32 Å². The Morgan fingerprint density at radius 3 is 2.33 bits per heavy atom. The number of carbonyl (C=O) groups excluding carboxylic acids is 1. The molecule has 0 atom stereocenters. The van der Waals surface area contributed by atoms with E-state index in [0.717, 1.165) is 11.1 Å². The van der Waals surface area contributed by atoms with Gasteiger partial charge in [0, 0.05) is 6.92 Å². The molecule has 0 saturated heterocycles. The standard InChI is InChI=1S/C11H13NO3/c1-6-4-7(2)10(12-8(3)13)9(5-6)11(14)15/h4-5H,1-3H3,(H,12,13)(H,14,15). The topological polar surface area (TPSA) is 66.4 Å². The number of carboxylic acids is 1. The Hall–Kier alpha value is -1.84. The lowest BCUT2D eigenvalue weighted by Crippen LogP contribution is -2.12. The van der Waals surface area contributed by atoms with Crippen LogP contribution in [0.25, 0.3) is 0 Å². The molecular weight excluding hydrogens is 194 g/mol. The Labute approximate surface area is 87.9 Å². The van der Waals surface area contributed by atoms with Crippen LogP contribution in [0.3, 0.4) is 0 Å². The Morgan fingerprint density at radius 2 is 1.87 bits per heavy atom. The van der Waals surface area contributed by atoms with Crippen LogP contribution in [-0.4, -0.2) is 17.0 Å². The molecule has 80 valence electrons. The van der Waals surface area contributed by atoms with Crippen molar-refractivity contribution >= 4 is 17.6 Å². The molecule has 0 aliphatic heterocycles. The molecule has 1 aromatic rings. The number of nitrogens with one attached hydrogen (secondary N) is 1. The minimum absolute atomic E-state index is 0.128. The van der Waals surface area contributed by atoms with Gasteiger partial charge in [-0.15, -0.1) is 0 Å². The third-order valence-corrected chi connectivity index (χ3v) is 2.01. The highest BCUT2D eigenvalue weighted by Crippen LogP contribution is 2.22. The van der Waals surface area contributed by atoms with Gasteiger partial charge in [0.1, 0.15) is 0 Å². The Bertz CT molecular complexity index is 424. The number of benzene rings is 1. The predicted molar refractivity (Wildman–Crippen MR) is 57.2 cm³/mol. The number of aryl methyl sites for hydroxylation is 2. The van der Waals surface area contributed by atoms with E-state index in [1.807, 2.05) is 13.0 Å². The molecule has 0 aliphatic carbocycles. The van der Waals surface area contributed by atoms with Crippen molar-refractivity contribution in [3.05, 3.63) is 28.8 Å². The van der Waals surface area contributed by atoms with Crippen molar-refractivity contribution in [2.24, 2.45) is 0 Å². The zero-order chi connectivity index (χ0) is 11.6. The summed E-state index contributed by atoms with van der Waals surface area (Å²) in [5.74, 6) is -1.31. The molecule has 0 unspecified atom stereocenters. The fourth-order valence-corrected chi connectivity index (χ4v) is 1.48. The van der Waals surface area contributed by atoms with Crippen LogP contribution in [0.15, 0.2) is 12.1 Å². The quantitative estimate of drug-likeness (QED) is 0.779. The van der Waals surface area contributed by atoms with Crippen LogP contribution in [-0.2, 0) is 4.79 Å². The highest BCUT2D eigenvalue weighted by atomic mass is 16.4. The Balaban J connectivity index is 3.33. The number of rotatable bonds is 2. The molecular formula is C11H13NO3. The largest absolute Gasteiger partial charge is 0.478 e. The van der Waals surface area contributed by atoms with Crippen LogP contribution in [0.5, 0.6) is 0 Å². The van der Waals surface area contributed by atoms with Gasteiger partial charge in [-0.25, -0.2) is 4.79 Å². The van der Waals surface area contributed by atoms with Gasteiger partial charge < -0.3 is 10.4 Å². The monoisotopic (exact) mass is 207 g/mol. The molecule has 0 aromatic heterocycles. The summed E-state index contributed by atoms with van der Waals surface area (Å²) in [7, 11) is 0. The fraction of sp³-hybridized carbons (Fsp3) is 0.273. The Morgan fingerprint density at radius 1 is 1.27 bits per heavy atom. The molecule has 0 radical (unpaired) electrons. The maximum absolute atomic E-state index is 11.0. The van der Waals surface area contributed by atoms with Crippen LogP contribution in [0.2, 0.25) is 0 Å². The van der Waals surface area contributed by atoms with Gasteiger partial charge in [0.15, 0.2) is 0 Å². The van der Waals surface area contributed by atoms with Crippen molar-refractivity contribution in [2.75, 3.05) is 5.32 Å². The molecule has 1 aromatic carbocycles. The lowest BCUT2D eigenvalue weighted by Gasteiger charge is -2.11. The molecule has 0 spiro atoms. The zero-order valence-electron chi connectivity index (χ0n) is 8.92. The smallest absolute Gasteiger partial charge is 0.337 e. The predicted octanol–water partition coefficient (Wildman–Crippen LogP) is 1.96. The van der Waals surface area contributed by atoms with Gasteiger partial charge >= 0.3 is 5.97 Å². The van der Waals surface area contributed by atoms with E-state index in [4.69, 9.17) is 5.11 Å². The number of aromatic carboxylic acids is 1. The molecule has 0 bridgehead atoms. The first-order valence-corrected chi connectivity index (χ1v) is 4.54. The highest BCUT2D eigenvalue weighted by molar-refractivity contribution is 6.01. The van der Waals surface area contributed by atoms with E-state index in [1.165, 1.54) is 6.92 Å². The first-order valence-electron chi connectivity index (χ1n) is 4.54. The van der Waals surface area contributed by atoms with E-state index in [9.17, 15) is 9.59 Å². The average molecular weight is 207 g/mol. The van der Waals surface area contributed by atoms with Crippen molar-refractivity contribution < 1.29 is 14.7 Å². The molecule has 0 aliphatic rings. The van der Waals surface area contributed by atoms with E-state index in [0.29, 0.717) is 5.69 Å². The summed E-state index contributed by atoms with van der Waals surface area (Å²) in [5, 5.41) is 11.5. The third kappa shape index (κ3) is 2.56. The molecule has 4 heteroatoms. The molecule has 0 heterocycles. The SMILES string of the molecule is CC(=O)Nc1c(C)cc(C)cc1C(=O)O. The highest BCUT2D eigenvalue weighted by Gasteiger charge is 2.13. The normalized spacial score (nSPS) is 9.80. The number of anilines is 1. The molecule has 1 rings (SSSR count). The van der Waals surface area contributed by atoms with Crippen LogP contribution in [0, 0.1) is 13.8 Å². The summed E-state index contributed by atoms with van der Waals surface area (Å²) in [5.41, 5.74) is 2.12. The van der Waals surface area contributed by atoms with Crippen molar-refractivity contribution in [2.45, 2.75) is 20.8 Å². The van der Waals surface area contributed by atoms with Gasteiger partial charge in [-0.3, -0.25) is 4.79 Å². The van der Waals surface area contributed by atoms with Crippen molar-refractivity contribution in [1.82, 2.24) is 0 Å². The summed E-state index contributed by atoms with van der Waals surface area (Å²) in [6.07, 6.45) is 0. The Kier molecular flexibility index (Phi) is 3.09. The molecule has 2 N–H and O–H groups in total. The van der Waals surface area contributed by atoms with Gasteiger partial charge in [0.2, 0.25) is 5.91 Å². The summed E-state index contributed by atoms with van der Waals surface area (Å²) < 4.78 is 0. The first kappa shape index (κ1) is 11.2. The molecule has 1 amide bonds. The lowest BCUT2D eigenvalue weighted by atomic mass is 10.0. The van der Waals surface area contributed by atoms with Gasteiger partial charge in [-0.1, -0.05) is 6.07 Å². The van der Waals surface area contributed by atoms with Crippen LogP contribution in [0.1, 0.15) is 28.4 Å². The number of carboxylic acid groups (broad SMARTS) is 1. The average Bonchev–Trinajstić information content (AvgIpc) is 2.08. The van der Waals surface area contributed by atoms with E-state index in [-0.39, 0.29) is 11.5 Å². The number of carbonyl (C=O) groups is 2. The van der Waals surface area contributed by atoms with E-state index < -0.39 is 5.97 Å². The van der Waals surface area contributed by atoms with Crippen molar-refractivity contribution in [1.29, 1.82) is 0 Å². The fourth-order valence-electron chi connectivity index (χ4n) is 1.48. The van der Waals surface area contributed by atoms with Crippen LogP contribution in [0.4, 0.5) is 5.69 Å². The summed E-state index contributed by atoms with van der Waals surface area (Å²) in [4.78, 5) is 21.9. The lowest BCUT2D eigenvalue weighted by molar-refractivity contribution is -0.114. The zero-order valence-corrected chi connectivity index (χ0v) is 8.92. The van der Waals surface area contributed by atoms with Gasteiger partial charge in [0.05, 0.1) is 11.3 Å². The van der Waals surface area contributed by atoms with Gasteiger partial charge in [-0.05, 0) is 31.0 Å². The summed E-state index contributed by atoms with van der Waals surface area (Å²) in [6.45, 7) is 4.94. The molecule has 15 heavy (non-hydrogen) atoms. The molecule has 4 nitrogen and oxygen atoms in total. The third-order valence-electron chi connectivity index (χ3n) is 2.01. The second-order valence-corrected chi connectivity index (χ2v) is 3.49. The first-order chi connectivity index (χ1) is 6.91. The minimum atomic E-state index is -1.04. The second kappa shape index (κ2) is 4.13. The second-order valence-electron chi connectivity index (χ2n) is 3.49. The van der Waals surface area contributed by atoms with Crippen LogP contribution >= 0.6 is 0 Å². The summed E-state index contributed by atoms with van der Waals surface area (Å²) >= 11 is 0. The van der Waals surface area contributed by atoms with E-state index >= 15 is 0 Å². The maximum Gasteiger partial charge on any atom is 0.337 e. The van der Waals surface area contributed by atoms with Crippen molar-refractivity contribution in [3.8, 4) is 0 Å². The molecule has 0 fully saturated rings. The van der Waals surface area contributed by atoms with E-state index in [1.54, 1.807) is 13.0 Å². The van der Waals surface area contributed by atoms with Crippen molar-refractivity contribution in [3.63, 3.8) is 0 Å². The maximum atomic E-state index is 11.0. The van der Waals surface area contributed by atoms with Gasteiger partial charge in [-0.2, -0.15) is 0 Å². The van der Waals surface area contributed by atoms with Gasteiger partial charge in [0.25, 0.3) is 0 Å². The summed E-state index contributed by atoms with van der Waals surface area (Å²) in [6, 6.07) is 3.37. The number of hydrogen-bond acceptors (Lipinski definition) is 2. The number of amides is 1. The van der Waals surface area contributed by atoms with E-state index in [2.05, 4.69) is 5.32 Å². The molecule has 0 saturated carbocycles.